The van der Waals surface area contributed by atoms with Gasteiger partial charge in [-0.15, -0.1) is 0 Å². The zero-order valence-corrected chi connectivity index (χ0v) is 10.6. The van der Waals surface area contributed by atoms with Crippen molar-refractivity contribution in [2.24, 2.45) is 5.73 Å². The zero-order valence-electron chi connectivity index (χ0n) is 10.6. The van der Waals surface area contributed by atoms with Gasteiger partial charge in [0.2, 0.25) is 0 Å². The lowest BCUT2D eigenvalue weighted by molar-refractivity contribution is 0.0608. The van der Waals surface area contributed by atoms with Crippen LogP contribution in [0.2, 0.25) is 0 Å². The lowest BCUT2D eigenvalue weighted by Gasteiger charge is -2.20. The highest BCUT2D eigenvalue weighted by Crippen LogP contribution is 2.30. The van der Waals surface area contributed by atoms with Gasteiger partial charge in [0.15, 0.2) is 0 Å². The molecule has 4 N–H and O–H groups in total. The fourth-order valence-electron chi connectivity index (χ4n) is 1.63. The topological polar surface area (TPSA) is 92.8 Å². The number of carbonyl (C=O) groups excluding carboxylic acids is 1. The van der Waals surface area contributed by atoms with Crippen LogP contribution in [0.4, 0.5) is 0 Å². The van der Waals surface area contributed by atoms with E-state index < -0.39 is 12.0 Å². The molecule has 1 rings (SSSR count). The van der Waals surface area contributed by atoms with E-state index in [1.54, 1.807) is 12.1 Å². The number of benzene rings is 1. The normalized spacial score (nSPS) is 11.0. The molecule has 0 aliphatic carbocycles. The van der Waals surface area contributed by atoms with E-state index >= 15 is 0 Å². The molecule has 0 aliphatic rings. The van der Waals surface area contributed by atoms with Gasteiger partial charge in [0.25, 0.3) is 5.91 Å². The molecule has 0 saturated carbocycles. The molecule has 1 aromatic carbocycles. The molecule has 0 aromatic heterocycles. The van der Waals surface area contributed by atoms with Crippen molar-refractivity contribution in [1.29, 1.82) is 0 Å². The maximum absolute atomic E-state index is 11.4. The Balaban J connectivity index is 3.22. The summed E-state index contributed by atoms with van der Waals surface area (Å²) in [5.74, 6) is -0.118. The Morgan fingerprint density at radius 1 is 1.33 bits per heavy atom. The second kappa shape index (κ2) is 6.37. The summed E-state index contributed by atoms with van der Waals surface area (Å²) in [6.45, 7) is 3.25. The number of aliphatic hydroxyl groups is 2. The van der Waals surface area contributed by atoms with E-state index in [-0.39, 0.29) is 24.7 Å². The fraction of sp³-hybridized carbons (Fsp3) is 0.462. The van der Waals surface area contributed by atoms with Crippen molar-refractivity contribution in [3.8, 4) is 5.75 Å². The quantitative estimate of drug-likeness (QED) is 0.693. The molecule has 0 bridgehead atoms. The van der Waals surface area contributed by atoms with E-state index in [0.29, 0.717) is 5.75 Å². The van der Waals surface area contributed by atoms with Crippen LogP contribution in [0.15, 0.2) is 18.2 Å². The number of rotatable bonds is 6. The number of nitrogens with two attached hydrogens (primary N) is 1. The summed E-state index contributed by atoms with van der Waals surface area (Å²) in [6, 6.07) is 5.13. The van der Waals surface area contributed by atoms with Gasteiger partial charge in [-0.05, 0) is 17.5 Å². The monoisotopic (exact) mass is 253 g/mol. The van der Waals surface area contributed by atoms with E-state index in [1.807, 2.05) is 19.9 Å². The van der Waals surface area contributed by atoms with Gasteiger partial charge in [-0.25, -0.2) is 0 Å². The molecule has 0 atom stereocenters. The van der Waals surface area contributed by atoms with Crippen molar-refractivity contribution in [3.05, 3.63) is 29.3 Å². The summed E-state index contributed by atoms with van der Waals surface area (Å²) in [6.07, 6.45) is -0.761. The third kappa shape index (κ3) is 3.21. The molecule has 5 heteroatoms. The number of carbonyl (C=O) groups is 1. The Morgan fingerprint density at radius 3 is 2.39 bits per heavy atom. The molecule has 5 nitrogen and oxygen atoms in total. The first-order valence-corrected chi connectivity index (χ1v) is 5.82. The van der Waals surface area contributed by atoms with Crippen LogP contribution in [0.3, 0.4) is 0 Å². The average molecular weight is 253 g/mol. The lowest BCUT2D eigenvalue weighted by Crippen LogP contribution is -2.27. The van der Waals surface area contributed by atoms with Crippen LogP contribution in [0.5, 0.6) is 5.75 Å². The number of ether oxygens (including phenoxy) is 1. The third-order valence-electron chi connectivity index (χ3n) is 2.62. The van der Waals surface area contributed by atoms with Crippen molar-refractivity contribution in [2.75, 3.05) is 13.2 Å². The smallest absolute Gasteiger partial charge is 0.252 e. The van der Waals surface area contributed by atoms with Crippen molar-refractivity contribution < 1.29 is 19.7 Å². The first-order valence-electron chi connectivity index (χ1n) is 5.82. The van der Waals surface area contributed by atoms with Crippen LogP contribution >= 0.6 is 0 Å². The third-order valence-corrected chi connectivity index (χ3v) is 2.62. The Morgan fingerprint density at radius 2 is 1.94 bits per heavy atom. The number of aliphatic hydroxyl groups excluding tert-OH is 2. The maximum atomic E-state index is 11.4. The average Bonchev–Trinajstić information content (AvgIpc) is 2.35. The largest absolute Gasteiger partial charge is 0.484 e. The Kier molecular flexibility index (Phi) is 5.12. The summed E-state index contributed by atoms with van der Waals surface area (Å²) >= 11 is 0. The van der Waals surface area contributed by atoms with Gasteiger partial charge < -0.3 is 20.7 Å². The van der Waals surface area contributed by atoms with Gasteiger partial charge in [0.05, 0.1) is 18.8 Å². The summed E-state index contributed by atoms with van der Waals surface area (Å²) < 4.78 is 5.50. The first-order chi connectivity index (χ1) is 8.51. The van der Waals surface area contributed by atoms with Crippen LogP contribution in [0.1, 0.15) is 35.7 Å². The van der Waals surface area contributed by atoms with Crippen LogP contribution in [0, 0.1) is 0 Å². The number of para-hydroxylation sites is 1. The highest BCUT2D eigenvalue weighted by atomic mass is 16.5. The Bertz CT molecular complexity index is 413. The summed E-state index contributed by atoms with van der Waals surface area (Å²) in [5, 5.41) is 18.1. The highest BCUT2D eigenvalue weighted by Gasteiger charge is 2.19. The van der Waals surface area contributed by atoms with E-state index in [0.717, 1.165) is 5.56 Å². The van der Waals surface area contributed by atoms with E-state index in [2.05, 4.69) is 0 Å². The zero-order chi connectivity index (χ0) is 13.7. The Labute approximate surface area is 106 Å². The van der Waals surface area contributed by atoms with Crippen LogP contribution in [0.25, 0.3) is 0 Å². The molecule has 18 heavy (non-hydrogen) atoms. The van der Waals surface area contributed by atoms with Gasteiger partial charge in [0, 0.05) is 0 Å². The number of hydrogen-bond acceptors (Lipinski definition) is 4. The minimum atomic E-state index is -0.761. The highest BCUT2D eigenvalue weighted by molar-refractivity contribution is 5.96. The molecule has 100 valence electrons. The van der Waals surface area contributed by atoms with Gasteiger partial charge in [-0.2, -0.15) is 0 Å². The maximum Gasteiger partial charge on any atom is 0.252 e. The van der Waals surface area contributed by atoms with Gasteiger partial charge in [0.1, 0.15) is 11.9 Å². The standard InChI is InChI=1S/C13H19NO4/c1-8(2)10-4-3-5-11(13(14)17)12(10)18-9(6-15)7-16/h3-5,8-9,15-16H,6-7H2,1-2H3,(H2,14,17). The predicted octanol–water partition coefficient (Wildman–Crippen LogP) is 0.641. The first kappa shape index (κ1) is 14.5. The second-order valence-electron chi connectivity index (χ2n) is 4.35. The number of hydrogen-bond donors (Lipinski definition) is 3. The van der Waals surface area contributed by atoms with E-state index in [4.69, 9.17) is 20.7 Å². The summed E-state index contributed by atoms with van der Waals surface area (Å²) in [4.78, 5) is 11.4. The van der Waals surface area contributed by atoms with Crippen molar-refractivity contribution >= 4 is 5.91 Å². The van der Waals surface area contributed by atoms with E-state index in [1.165, 1.54) is 0 Å². The number of amides is 1. The van der Waals surface area contributed by atoms with Gasteiger partial charge in [-0.1, -0.05) is 26.0 Å². The molecule has 0 saturated heterocycles. The molecule has 0 spiro atoms. The summed E-state index contributed by atoms with van der Waals surface area (Å²) in [5.41, 5.74) is 6.37. The molecule has 0 aliphatic heterocycles. The van der Waals surface area contributed by atoms with Crippen LogP contribution < -0.4 is 10.5 Å². The minimum absolute atomic E-state index is 0.136. The van der Waals surface area contributed by atoms with Crippen molar-refractivity contribution in [1.82, 2.24) is 0 Å². The van der Waals surface area contributed by atoms with Crippen LogP contribution in [-0.4, -0.2) is 35.4 Å². The fourth-order valence-corrected chi connectivity index (χ4v) is 1.63. The molecular formula is C13H19NO4. The molecule has 1 amide bonds. The molecule has 0 unspecified atom stereocenters. The minimum Gasteiger partial charge on any atom is -0.484 e. The van der Waals surface area contributed by atoms with E-state index in [9.17, 15) is 4.79 Å². The lowest BCUT2D eigenvalue weighted by atomic mass is 9.98. The van der Waals surface area contributed by atoms with Gasteiger partial charge in [-0.3, -0.25) is 4.79 Å². The predicted molar refractivity (Wildman–Crippen MR) is 67.6 cm³/mol. The van der Waals surface area contributed by atoms with Gasteiger partial charge >= 0.3 is 0 Å². The number of primary amides is 1. The molecular weight excluding hydrogens is 234 g/mol. The van der Waals surface area contributed by atoms with Crippen molar-refractivity contribution in [3.63, 3.8) is 0 Å². The van der Waals surface area contributed by atoms with Crippen molar-refractivity contribution in [2.45, 2.75) is 25.9 Å². The molecule has 0 heterocycles. The summed E-state index contributed by atoms with van der Waals surface area (Å²) in [7, 11) is 0. The second-order valence-corrected chi connectivity index (χ2v) is 4.35. The van der Waals surface area contributed by atoms with Crippen LogP contribution in [-0.2, 0) is 0 Å². The molecule has 0 fully saturated rings. The molecule has 0 radical (unpaired) electrons. The Hall–Kier alpha value is -1.59. The SMILES string of the molecule is CC(C)c1cccc(C(N)=O)c1OC(CO)CO. The molecule has 1 aromatic rings.